The van der Waals surface area contributed by atoms with Gasteiger partial charge in [0.2, 0.25) is 11.0 Å². The summed E-state index contributed by atoms with van der Waals surface area (Å²) in [6.07, 6.45) is 10.7. The highest BCUT2D eigenvalue weighted by molar-refractivity contribution is 8.17. The first kappa shape index (κ1) is 16.2. The van der Waals surface area contributed by atoms with Crippen LogP contribution in [0.15, 0.2) is 15.5 Å². The molecule has 0 bridgehead atoms. The van der Waals surface area contributed by atoms with Gasteiger partial charge in [0.25, 0.3) is 0 Å². The van der Waals surface area contributed by atoms with Gasteiger partial charge in [-0.3, -0.25) is 9.69 Å². The van der Waals surface area contributed by atoms with Gasteiger partial charge >= 0.3 is 0 Å². The number of carbonyl (C=O) groups is 1. The highest BCUT2D eigenvalue weighted by Crippen LogP contribution is 2.49. The Kier molecular flexibility index (Phi) is 5.34. The van der Waals surface area contributed by atoms with E-state index in [0.29, 0.717) is 5.11 Å². The number of rotatable bonds is 7. The topological polar surface area (TPSA) is 32.7 Å². The van der Waals surface area contributed by atoms with E-state index in [0.717, 1.165) is 30.9 Å². The first-order chi connectivity index (χ1) is 10.7. The molecule has 22 heavy (non-hydrogen) atoms. The van der Waals surface area contributed by atoms with Gasteiger partial charge in [0.15, 0.2) is 0 Å². The van der Waals surface area contributed by atoms with E-state index in [2.05, 4.69) is 11.9 Å². The standard InChI is InChI=1S/C17H24N2OS2/c1-2-3-4-5-6-7-11-19-16(20)14-12-9-8-10-13(12)22-15(14)18-17(19)21/h14H,2-11H2,1H3. The van der Waals surface area contributed by atoms with E-state index in [1.165, 1.54) is 49.0 Å². The quantitative estimate of drug-likeness (QED) is 0.500. The number of aliphatic imine (C=N–C) groups is 1. The molecule has 0 radical (unpaired) electrons. The predicted octanol–water partition coefficient (Wildman–Crippen LogP) is 4.67. The molecule has 1 unspecified atom stereocenters. The van der Waals surface area contributed by atoms with Crippen molar-refractivity contribution in [2.75, 3.05) is 6.54 Å². The van der Waals surface area contributed by atoms with Crippen LogP contribution in [0, 0.1) is 5.92 Å². The second-order valence-electron chi connectivity index (χ2n) is 6.33. The maximum Gasteiger partial charge on any atom is 0.242 e. The maximum atomic E-state index is 12.8. The van der Waals surface area contributed by atoms with E-state index in [1.807, 2.05) is 0 Å². The van der Waals surface area contributed by atoms with E-state index in [4.69, 9.17) is 12.2 Å². The minimum atomic E-state index is -0.0886. The molecule has 0 aromatic heterocycles. The number of thiocarbonyl (C=S) groups is 1. The molecule has 1 atom stereocenters. The van der Waals surface area contributed by atoms with E-state index in [-0.39, 0.29) is 11.8 Å². The zero-order valence-electron chi connectivity index (χ0n) is 13.3. The molecule has 3 aliphatic rings. The molecule has 1 amide bonds. The molecule has 0 fully saturated rings. The number of allylic oxidation sites excluding steroid dienone is 1. The van der Waals surface area contributed by atoms with Crippen LogP contribution in [0.3, 0.4) is 0 Å². The summed E-state index contributed by atoms with van der Waals surface area (Å²) in [5.41, 5.74) is 1.34. The summed E-state index contributed by atoms with van der Waals surface area (Å²) in [4.78, 5) is 20.5. The summed E-state index contributed by atoms with van der Waals surface area (Å²) in [7, 11) is 0. The lowest BCUT2D eigenvalue weighted by molar-refractivity contribution is -0.128. The lowest BCUT2D eigenvalue weighted by atomic mass is 9.97. The molecule has 0 saturated heterocycles. The number of thioether (sulfide) groups is 1. The van der Waals surface area contributed by atoms with Gasteiger partial charge < -0.3 is 0 Å². The van der Waals surface area contributed by atoms with Gasteiger partial charge in [0.1, 0.15) is 5.92 Å². The molecule has 2 aliphatic heterocycles. The number of hydrogen-bond acceptors (Lipinski definition) is 3. The van der Waals surface area contributed by atoms with Crippen LogP contribution in [0.5, 0.6) is 0 Å². The van der Waals surface area contributed by atoms with Crippen molar-refractivity contribution in [2.24, 2.45) is 10.9 Å². The number of hydrogen-bond donors (Lipinski definition) is 0. The highest BCUT2D eigenvalue weighted by Gasteiger charge is 2.44. The minimum absolute atomic E-state index is 0.0886. The molecule has 0 N–H and O–H groups in total. The molecule has 0 spiro atoms. The number of carbonyl (C=O) groups excluding carboxylic acids is 1. The van der Waals surface area contributed by atoms with Crippen molar-refractivity contribution in [3.8, 4) is 0 Å². The number of amides is 1. The SMILES string of the molecule is CCCCCCCCN1C(=O)C2C(=NC1=S)SC1=C2CCC1. The van der Waals surface area contributed by atoms with Crippen LogP contribution < -0.4 is 0 Å². The first-order valence-corrected chi connectivity index (χ1v) is 9.78. The highest BCUT2D eigenvalue weighted by atomic mass is 32.2. The van der Waals surface area contributed by atoms with Gasteiger partial charge in [-0.25, -0.2) is 4.99 Å². The van der Waals surface area contributed by atoms with Crippen LogP contribution >= 0.6 is 24.0 Å². The molecule has 0 aromatic rings. The van der Waals surface area contributed by atoms with Crippen LogP contribution in [0.1, 0.15) is 64.7 Å². The monoisotopic (exact) mass is 336 g/mol. The van der Waals surface area contributed by atoms with E-state index >= 15 is 0 Å². The molecule has 3 rings (SSSR count). The van der Waals surface area contributed by atoms with Crippen LogP contribution in [-0.2, 0) is 4.79 Å². The molecule has 3 nitrogen and oxygen atoms in total. The van der Waals surface area contributed by atoms with Crippen molar-refractivity contribution in [1.82, 2.24) is 4.90 Å². The minimum Gasteiger partial charge on any atom is -0.287 e. The van der Waals surface area contributed by atoms with Gasteiger partial charge in [-0.2, -0.15) is 0 Å². The Balaban J connectivity index is 1.57. The van der Waals surface area contributed by atoms with Crippen molar-refractivity contribution < 1.29 is 4.79 Å². The number of nitrogens with zero attached hydrogens (tertiary/aromatic N) is 2. The zero-order valence-corrected chi connectivity index (χ0v) is 14.9. The van der Waals surface area contributed by atoms with Gasteiger partial charge in [-0.15, -0.1) is 0 Å². The fourth-order valence-electron chi connectivity index (χ4n) is 3.50. The van der Waals surface area contributed by atoms with Gasteiger partial charge in [-0.05, 0) is 48.4 Å². The van der Waals surface area contributed by atoms with E-state index < -0.39 is 0 Å². The summed E-state index contributed by atoms with van der Waals surface area (Å²) >= 11 is 7.07. The van der Waals surface area contributed by atoms with Crippen LogP contribution in [-0.4, -0.2) is 27.5 Å². The van der Waals surface area contributed by atoms with Crippen molar-refractivity contribution in [3.63, 3.8) is 0 Å². The number of fused-ring (bicyclic) bond motifs is 2. The fourth-order valence-corrected chi connectivity index (χ4v) is 5.18. The average molecular weight is 337 g/mol. The maximum absolute atomic E-state index is 12.8. The van der Waals surface area contributed by atoms with E-state index in [1.54, 1.807) is 16.7 Å². The molecular weight excluding hydrogens is 312 g/mol. The Bertz CT molecular complexity index is 539. The lowest BCUT2D eigenvalue weighted by Gasteiger charge is -2.29. The summed E-state index contributed by atoms with van der Waals surface area (Å²) in [6, 6.07) is 0. The van der Waals surface area contributed by atoms with Crippen molar-refractivity contribution in [2.45, 2.75) is 64.7 Å². The fraction of sp³-hybridized carbons (Fsp3) is 0.706. The second-order valence-corrected chi connectivity index (χ2v) is 7.81. The molecule has 1 aliphatic carbocycles. The van der Waals surface area contributed by atoms with Crippen molar-refractivity contribution in [3.05, 3.63) is 10.5 Å². The van der Waals surface area contributed by atoms with Crippen molar-refractivity contribution in [1.29, 1.82) is 0 Å². The predicted molar refractivity (Wildman–Crippen MR) is 97.1 cm³/mol. The van der Waals surface area contributed by atoms with Crippen LogP contribution in [0.2, 0.25) is 0 Å². The molecule has 2 heterocycles. The normalized spacial score (nSPS) is 24.0. The van der Waals surface area contributed by atoms with Crippen molar-refractivity contribution >= 4 is 40.0 Å². The van der Waals surface area contributed by atoms with E-state index in [9.17, 15) is 4.79 Å². The summed E-state index contributed by atoms with van der Waals surface area (Å²) in [6.45, 7) is 2.97. The van der Waals surface area contributed by atoms with Gasteiger partial charge in [-0.1, -0.05) is 50.8 Å². The summed E-state index contributed by atoms with van der Waals surface area (Å²) in [5.74, 6) is 0.0947. The second kappa shape index (κ2) is 7.26. The lowest BCUT2D eigenvalue weighted by Crippen LogP contribution is -2.45. The smallest absolute Gasteiger partial charge is 0.242 e. The van der Waals surface area contributed by atoms with Gasteiger partial charge in [0.05, 0.1) is 5.04 Å². The Morgan fingerprint density at radius 2 is 2.00 bits per heavy atom. The molecule has 5 heteroatoms. The van der Waals surface area contributed by atoms with Crippen LogP contribution in [0.25, 0.3) is 0 Å². The Labute approximate surface area is 142 Å². The Morgan fingerprint density at radius 1 is 1.23 bits per heavy atom. The third-order valence-corrected chi connectivity index (χ3v) is 6.28. The zero-order chi connectivity index (χ0) is 15.5. The molecule has 0 saturated carbocycles. The Hall–Kier alpha value is -0.680. The third kappa shape index (κ3) is 3.16. The molecule has 0 aromatic carbocycles. The number of unbranched alkanes of at least 4 members (excludes halogenated alkanes) is 5. The molecule has 120 valence electrons. The first-order valence-electron chi connectivity index (χ1n) is 8.56. The molecular formula is C17H24N2OS2. The largest absolute Gasteiger partial charge is 0.287 e. The summed E-state index contributed by atoms with van der Waals surface area (Å²) in [5, 5.41) is 1.43. The third-order valence-electron chi connectivity index (χ3n) is 4.72. The van der Waals surface area contributed by atoms with Gasteiger partial charge in [0, 0.05) is 6.54 Å². The average Bonchev–Trinajstić information content (AvgIpc) is 3.05. The Morgan fingerprint density at radius 3 is 2.82 bits per heavy atom. The van der Waals surface area contributed by atoms with Crippen LogP contribution in [0.4, 0.5) is 0 Å². The summed E-state index contributed by atoms with van der Waals surface area (Å²) < 4.78 is 0.